The van der Waals surface area contributed by atoms with Gasteiger partial charge >= 0.3 is 0 Å². The first-order chi connectivity index (χ1) is 15.4. The molecule has 1 amide bonds. The summed E-state index contributed by atoms with van der Waals surface area (Å²) in [6.45, 7) is 11.1. The molecule has 1 aliphatic rings. The Morgan fingerprint density at radius 3 is 2.25 bits per heavy atom. The lowest BCUT2D eigenvalue weighted by Gasteiger charge is -2.35. The molecule has 0 aliphatic carbocycles. The summed E-state index contributed by atoms with van der Waals surface area (Å²) in [5, 5.41) is 8.96. The first kappa shape index (κ1) is 21.8. The summed E-state index contributed by atoms with van der Waals surface area (Å²) in [7, 11) is 0. The number of hydrogen-bond acceptors (Lipinski definition) is 5. The van der Waals surface area contributed by atoms with Crippen LogP contribution < -0.4 is 9.64 Å². The van der Waals surface area contributed by atoms with Crippen LogP contribution in [0.2, 0.25) is 0 Å². The first-order valence-electron chi connectivity index (χ1n) is 11.1. The van der Waals surface area contributed by atoms with Gasteiger partial charge in [0.1, 0.15) is 5.75 Å². The maximum atomic E-state index is 12.6. The van der Waals surface area contributed by atoms with Crippen molar-refractivity contribution in [3.05, 3.63) is 70.8 Å². The fourth-order valence-corrected chi connectivity index (χ4v) is 4.01. The number of benzene rings is 2. The van der Waals surface area contributed by atoms with Gasteiger partial charge in [0.05, 0.1) is 5.69 Å². The van der Waals surface area contributed by atoms with E-state index >= 15 is 0 Å². The summed E-state index contributed by atoms with van der Waals surface area (Å²) in [4.78, 5) is 16.6. The number of aryl methyl sites for hydroxylation is 4. The maximum Gasteiger partial charge on any atom is 0.260 e. The van der Waals surface area contributed by atoms with Gasteiger partial charge in [0.15, 0.2) is 12.4 Å². The van der Waals surface area contributed by atoms with Crippen molar-refractivity contribution in [3.8, 4) is 17.0 Å². The van der Waals surface area contributed by atoms with E-state index in [1.807, 2.05) is 48.2 Å². The summed E-state index contributed by atoms with van der Waals surface area (Å²) in [5.41, 5.74) is 6.78. The number of para-hydroxylation sites is 1. The Morgan fingerprint density at radius 1 is 0.844 bits per heavy atom. The van der Waals surface area contributed by atoms with Crippen LogP contribution in [0.5, 0.6) is 5.75 Å². The summed E-state index contributed by atoms with van der Waals surface area (Å²) in [5.74, 6) is 1.62. The van der Waals surface area contributed by atoms with Gasteiger partial charge in [0.25, 0.3) is 5.91 Å². The van der Waals surface area contributed by atoms with Crippen molar-refractivity contribution in [2.24, 2.45) is 0 Å². The number of amides is 1. The zero-order valence-electron chi connectivity index (χ0n) is 19.3. The monoisotopic (exact) mass is 430 g/mol. The van der Waals surface area contributed by atoms with Crippen LogP contribution in [-0.4, -0.2) is 53.8 Å². The predicted octanol–water partition coefficient (Wildman–Crippen LogP) is 4.10. The van der Waals surface area contributed by atoms with Gasteiger partial charge in [-0.1, -0.05) is 24.3 Å². The van der Waals surface area contributed by atoms with Crippen molar-refractivity contribution in [1.29, 1.82) is 0 Å². The molecule has 32 heavy (non-hydrogen) atoms. The standard InChI is InChI=1S/C26H30N4O2/c1-18-7-5-6-8-24(18)32-17-26(31)30-13-11-29(12-14-30)25-10-9-23(27-28-25)22-16-20(3)19(2)15-21(22)4/h5-10,15-16H,11-14,17H2,1-4H3. The Balaban J connectivity index is 1.34. The van der Waals surface area contributed by atoms with Crippen LogP contribution in [0.4, 0.5) is 5.82 Å². The topological polar surface area (TPSA) is 58.6 Å². The fraction of sp³-hybridized carbons (Fsp3) is 0.346. The second-order valence-corrected chi connectivity index (χ2v) is 8.45. The zero-order valence-corrected chi connectivity index (χ0v) is 19.3. The van der Waals surface area contributed by atoms with E-state index in [-0.39, 0.29) is 12.5 Å². The van der Waals surface area contributed by atoms with Crippen LogP contribution in [0.15, 0.2) is 48.5 Å². The van der Waals surface area contributed by atoms with Crippen LogP contribution >= 0.6 is 0 Å². The zero-order chi connectivity index (χ0) is 22.7. The van der Waals surface area contributed by atoms with Crippen molar-refractivity contribution >= 4 is 11.7 Å². The minimum absolute atomic E-state index is 0.0135. The SMILES string of the molecule is Cc1cc(C)c(-c2ccc(N3CCN(C(=O)COc4ccccc4C)CC3)nn2)cc1C. The lowest BCUT2D eigenvalue weighted by molar-refractivity contribution is -0.133. The third-order valence-corrected chi connectivity index (χ3v) is 6.17. The van der Waals surface area contributed by atoms with E-state index in [9.17, 15) is 4.79 Å². The van der Waals surface area contributed by atoms with E-state index in [4.69, 9.17) is 4.74 Å². The van der Waals surface area contributed by atoms with E-state index in [2.05, 4.69) is 48.0 Å². The minimum Gasteiger partial charge on any atom is -0.484 e. The highest BCUT2D eigenvalue weighted by molar-refractivity contribution is 5.78. The Morgan fingerprint density at radius 2 is 1.56 bits per heavy atom. The quantitative estimate of drug-likeness (QED) is 0.610. The molecule has 0 N–H and O–H groups in total. The van der Waals surface area contributed by atoms with E-state index < -0.39 is 0 Å². The van der Waals surface area contributed by atoms with Gasteiger partial charge in [0, 0.05) is 31.7 Å². The summed E-state index contributed by atoms with van der Waals surface area (Å²) in [6, 6.07) is 16.2. The fourth-order valence-electron chi connectivity index (χ4n) is 4.01. The second kappa shape index (κ2) is 9.39. The van der Waals surface area contributed by atoms with Crippen molar-refractivity contribution in [3.63, 3.8) is 0 Å². The molecule has 2 aromatic carbocycles. The number of piperazine rings is 1. The average Bonchev–Trinajstić information content (AvgIpc) is 2.81. The van der Waals surface area contributed by atoms with E-state index in [1.165, 1.54) is 16.7 Å². The molecule has 2 heterocycles. The Kier molecular flexibility index (Phi) is 6.40. The van der Waals surface area contributed by atoms with Crippen molar-refractivity contribution in [2.45, 2.75) is 27.7 Å². The maximum absolute atomic E-state index is 12.6. The number of nitrogens with zero attached hydrogens (tertiary/aromatic N) is 4. The number of rotatable bonds is 5. The number of aromatic nitrogens is 2. The van der Waals surface area contributed by atoms with Crippen molar-refractivity contribution < 1.29 is 9.53 Å². The summed E-state index contributed by atoms with van der Waals surface area (Å²) < 4.78 is 5.72. The van der Waals surface area contributed by atoms with Crippen LogP contribution in [0.1, 0.15) is 22.3 Å². The highest BCUT2D eigenvalue weighted by Crippen LogP contribution is 2.25. The summed E-state index contributed by atoms with van der Waals surface area (Å²) in [6.07, 6.45) is 0. The number of carbonyl (C=O) groups is 1. The molecule has 166 valence electrons. The lowest BCUT2D eigenvalue weighted by Crippen LogP contribution is -2.50. The number of ether oxygens (including phenoxy) is 1. The van der Waals surface area contributed by atoms with Gasteiger partial charge in [-0.3, -0.25) is 4.79 Å². The van der Waals surface area contributed by atoms with Crippen LogP contribution in [0, 0.1) is 27.7 Å². The van der Waals surface area contributed by atoms with Crippen LogP contribution in [0.25, 0.3) is 11.3 Å². The molecular formula is C26H30N4O2. The molecule has 6 nitrogen and oxygen atoms in total. The molecule has 0 atom stereocenters. The van der Waals surface area contributed by atoms with Crippen LogP contribution in [0.3, 0.4) is 0 Å². The molecule has 0 bridgehead atoms. The molecular weight excluding hydrogens is 400 g/mol. The third kappa shape index (κ3) is 4.74. The normalized spacial score (nSPS) is 13.9. The lowest BCUT2D eigenvalue weighted by atomic mass is 9.99. The average molecular weight is 431 g/mol. The van der Waals surface area contributed by atoms with Gasteiger partial charge in [-0.15, -0.1) is 10.2 Å². The van der Waals surface area contributed by atoms with Gasteiger partial charge in [-0.2, -0.15) is 0 Å². The third-order valence-electron chi connectivity index (χ3n) is 6.17. The first-order valence-corrected chi connectivity index (χ1v) is 11.1. The highest BCUT2D eigenvalue weighted by Gasteiger charge is 2.22. The number of hydrogen-bond donors (Lipinski definition) is 0. The molecule has 3 aromatic rings. The Hall–Kier alpha value is -3.41. The number of carbonyl (C=O) groups excluding carboxylic acids is 1. The van der Waals surface area contributed by atoms with E-state index in [0.717, 1.165) is 41.5 Å². The van der Waals surface area contributed by atoms with Gasteiger partial charge in [0.2, 0.25) is 0 Å². The molecule has 4 rings (SSSR count). The molecule has 0 radical (unpaired) electrons. The Bertz CT molecular complexity index is 1100. The highest BCUT2D eigenvalue weighted by atomic mass is 16.5. The summed E-state index contributed by atoms with van der Waals surface area (Å²) >= 11 is 0. The van der Waals surface area contributed by atoms with Crippen molar-refractivity contribution in [1.82, 2.24) is 15.1 Å². The second-order valence-electron chi connectivity index (χ2n) is 8.45. The molecule has 0 unspecified atom stereocenters. The molecule has 1 fully saturated rings. The smallest absolute Gasteiger partial charge is 0.260 e. The molecule has 6 heteroatoms. The Labute approximate surface area is 189 Å². The molecule has 0 spiro atoms. The van der Waals surface area contributed by atoms with Gasteiger partial charge in [-0.25, -0.2) is 0 Å². The van der Waals surface area contributed by atoms with Gasteiger partial charge < -0.3 is 14.5 Å². The van der Waals surface area contributed by atoms with E-state index in [0.29, 0.717) is 13.1 Å². The minimum atomic E-state index is 0.0135. The van der Waals surface area contributed by atoms with Gasteiger partial charge in [-0.05, 0) is 74.2 Å². The van der Waals surface area contributed by atoms with E-state index in [1.54, 1.807) is 0 Å². The molecule has 1 saturated heterocycles. The predicted molar refractivity (Wildman–Crippen MR) is 127 cm³/mol. The molecule has 1 aliphatic heterocycles. The van der Waals surface area contributed by atoms with Crippen molar-refractivity contribution in [2.75, 3.05) is 37.7 Å². The molecule has 1 aromatic heterocycles. The largest absolute Gasteiger partial charge is 0.484 e. The van der Waals surface area contributed by atoms with Crippen LogP contribution in [-0.2, 0) is 4.79 Å². The number of anilines is 1. The molecule has 0 saturated carbocycles.